The number of nitrogens with one attached hydrogen (secondary N) is 1. The number of nitrogens with zero attached hydrogens (tertiary/aromatic N) is 2. The number of likely N-dealkylation sites (N-methyl/N-ethyl adjacent to an activating group) is 1. The summed E-state index contributed by atoms with van der Waals surface area (Å²) in [6, 6.07) is 5.71. The molecule has 2 N–H and O–H groups in total. The second-order valence-corrected chi connectivity index (χ2v) is 8.13. The average molecular weight is 432 g/mol. The lowest BCUT2D eigenvalue weighted by Crippen LogP contribution is -2.64. The van der Waals surface area contributed by atoms with Crippen LogP contribution in [0.1, 0.15) is 50.0 Å². The maximum absolute atomic E-state index is 13.4. The molecular weight excluding hydrogens is 398 g/mol. The number of aromatic nitrogens is 1. The number of fused-ring (bicyclic) bond motifs is 3. The van der Waals surface area contributed by atoms with Gasteiger partial charge in [0.1, 0.15) is 22.7 Å². The Kier molecular flexibility index (Phi) is 6.79. The molecule has 0 bridgehead atoms. The molecule has 1 unspecified atom stereocenters. The first kappa shape index (κ1) is 22.9. The largest absolute Gasteiger partial charge is 0.496 e. The highest BCUT2D eigenvalue weighted by Crippen LogP contribution is 2.40. The number of amides is 2. The van der Waals surface area contributed by atoms with Gasteiger partial charge >= 0.3 is 0 Å². The first-order valence-electron chi connectivity index (χ1n) is 10.8. The van der Waals surface area contributed by atoms with Crippen LogP contribution >= 0.6 is 0 Å². The van der Waals surface area contributed by atoms with Crippen molar-refractivity contribution < 1.29 is 24.2 Å². The van der Waals surface area contributed by atoms with Gasteiger partial charge in [-0.25, -0.2) is 0 Å². The standard InChI is InChI=1S/C22H29N3O4.CH4O/c1-5-25-20(26)16-12-15-17(28-3)10-11-18(29-4)19(15)24(16)13-22(25,2)21(27)23-14-8-6-7-9-14;1-2/h10-12,14H,5-9,13H2,1-4H3,(H,23,27);2H,1H3. The number of carbonyl (C=O) groups is 2. The molecule has 1 aromatic heterocycles. The average Bonchev–Trinajstić information content (AvgIpc) is 3.43. The molecule has 1 aromatic carbocycles. The molecule has 8 nitrogen and oxygen atoms in total. The minimum atomic E-state index is -0.971. The van der Waals surface area contributed by atoms with E-state index >= 15 is 0 Å². The summed E-state index contributed by atoms with van der Waals surface area (Å²) in [4.78, 5) is 28.5. The highest BCUT2D eigenvalue weighted by molar-refractivity contribution is 6.05. The number of methoxy groups -OCH3 is 2. The number of aliphatic hydroxyl groups excluding tert-OH is 1. The number of carbonyl (C=O) groups excluding carboxylic acids is 2. The Hall–Kier alpha value is -2.74. The van der Waals surface area contributed by atoms with E-state index in [4.69, 9.17) is 14.6 Å². The van der Waals surface area contributed by atoms with Gasteiger partial charge in [-0.15, -0.1) is 0 Å². The normalized spacial score (nSPS) is 20.8. The molecule has 8 heteroatoms. The number of hydrogen-bond donors (Lipinski definition) is 2. The van der Waals surface area contributed by atoms with Crippen LogP contribution < -0.4 is 14.8 Å². The van der Waals surface area contributed by atoms with Crippen LogP contribution in [-0.4, -0.2) is 65.8 Å². The predicted molar refractivity (Wildman–Crippen MR) is 119 cm³/mol. The third-order valence-corrected chi connectivity index (χ3v) is 6.44. The second-order valence-electron chi connectivity index (χ2n) is 8.13. The van der Waals surface area contributed by atoms with Gasteiger partial charge in [0.15, 0.2) is 0 Å². The van der Waals surface area contributed by atoms with Crippen molar-refractivity contribution in [3.05, 3.63) is 23.9 Å². The lowest BCUT2D eigenvalue weighted by molar-refractivity contribution is -0.133. The molecule has 0 saturated heterocycles. The van der Waals surface area contributed by atoms with E-state index in [9.17, 15) is 9.59 Å². The molecule has 1 aliphatic carbocycles. The lowest BCUT2D eigenvalue weighted by atomic mass is 9.94. The van der Waals surface area contributed by atoms with Gasteiger partial charge in [-0.2, -0.15) is 0 Å². The van der Waals surface area contributed by atoms with E-state index in [1.165, 1.54) is 0 Å². The summed E-state index contributed by atoms with van der Waals surface area (Å²) >= 11 is 0. The molecule has 0 spiro atoms. The van der Waals surface area contributed by atoms with E-state index in [2.05, 4.69) is 5.32 Å². The number of rotatable bonds is 5. The summed E-state index contributed by atoms with van der Waals surface area (Å²) in [6.45, 7) is 4.61. The Morgan fingerprint density at radius 3 is 2.39 bits per heavy atom. The minimum absolute atomic E-state index is 0.0889. The van der Waals surface area contributed by atoms with Crippen LogP contribution in [0.2, 0.25) is 0 Å². The fraction of sp³-hybridized carbons (Fsp3) is 0.565. The fourth-order valence-corrected chi connectivity index (χ4v) is 4.86. The highest BCUT2D eigenvalue weighted by atomic mass is 16.5. The summed E-state index contributed by atoms with van der Waals surface area (Å²) in [6.07, 6.45) is 4.29. The summed E-state index contributed by atoms with van der Waals surface area (Å²) in [5.41, 5.74) is 0.364. The SMILES string of the molecule is CCN1C(=O)c2cc3c(OC)ccc(OC)c3n2CC1(C)C(=O)NC1CCCC1.CO. The van der Waals surface area contributed by atoms with Crippen LogP contribution in [0.25, 0.3) is 10.9 Å². The van der Waals surface area contributed by atoms with Crippen molar-refractivity contribution in [2.45, 2.75) is 57.7 Å². The summed E-state index contributed by atoms with van der Waals surface area (Å²) in [5.74, 6) is 1.09. The third-order valence-electron chi connectivity index (χ3n) is 6.44. The van der Waals surface area contributed by atoms with Crippen LogP contribution in [0, 0.1) is 0 Å². The van der Waals surface area contributed by atoms with Crippen molar-refractivity contribution >= 4 is 22.7 Å². The number of ether oxygens (including phenoxy) is 2. The Balaban J connectivity index is 0.00000132. The van der Waals surface area contributed by atoms with Gasteiger partial charge in [-0.05, 0) is 44.9 Å². The molecule has 4 rings (SSSR count). The van der Waals surface area contributed by atoms with Gasteiger partial charge in [-0.3, -0.25) is 9.59 Å². The summed E-state index contributed by atoms with van der Waals surface area (Å²) in [5, 5.41) is 11.0. The van der Waals surface area contributed by atoms with Gasteiger partial charge in [0, 0.05) is 25.1 Å². The zero-order valence-electron chi connectivity index (χ0n) is 19.0. The van der Waals surface area contributed by atoms with Crippen molar-refractivity contribution in [1.82, 2.24) is 14.8 Å². The molecule has 1 fully saturated rings. The van der Waals surface area contributed by atoms with E-state index in [0.717, 1.165) is 43.7 Å². The van der Waals surface area contributed by atoms with Crippen molar-refractivity contribution in [1.29, 1.82) is 0 Å². The Morgan fingerprint density at radius 1 is 1.19 bits per heavy atom. The Bertz CT molecular complexity index is 964. The maximum atomic E-state index is 13.4. The van der Waals surface area contributed by atoms with E-state index in [1.807, 2.05) is 36.6 Å². The first-order chi connectivity index (χ1) is 14.9. The molecule has 31 heavy (non-hydrogen) atoms. The van der Waals surface area contributed by atoms with Gasteiger partial charge in [0.05, 0.1) is 26.3 Å². The predicted octanol–water partition coefficient (Wildman–Crippen LogP) is 2.56. The molecular formula is C23H33N3O5. The smallest absolute Gasteiger partial charge is 0.271 e. The quantitative estimate of drug-likeness (QED) is 0.759. The van der Waals surface area contributed by atoms with Crippen molar-refractivity contribution in [3.63, 3.8) is 0 Å². The zero-order valence-corrected chi connectivity index (χ0v) is 19.0. The van der Waals surface area contributed by atoms with Crippen LogP contribution in [0.5, 0.6) is 11.5 Å². The van der Waals surface area contributed by atoms with E-state index in [0.29, 0.717) is 30.3 Å². The summed E-state index contributed by atoms with van der Waals surface area (Å²) in [7, 11) is 4.22. The van der Waals surface area contributed by atoms with E-state index < -0.39 is 5.54 Å². The second kappa shape index (κ2) is 9.18. The lowest BCUT2D eigenvalue weighted by Gasteiger charge is -2.44. The Labute approximate surface area is 183 Å². The van der Waals surface area contributed by atoms with Crippen molar-refractivity contribution in [2.24, 2.45) is 0 Å². The number of benzene rings is 1. The highest BCUT2D eigenvalue weighted by Gasteiger charge is 2.48. The summed E-state index contributed by atoms with van der Waals surface area (Å²) < 4.78 is 13.0. The molecule has 170 valence electrons. The molecule has 1 aliphatic heterocycles. The topological polar surface area (TPSA) is 93.0 Å². The van der Waals surface area contributed by atoms with Crippen LogP contribution in [0.15, 0.2) is 18.2 Å². The molecule has 2 amide bonds. The minimum Gasteiger partial charge on any atom is -0.496 e. The van der Waals surface area contributed by atoms with Gasteiger partial charge in [-0.1, -0.05) is 12.8 Å². The number of hydrogen-bond acceptors (Lipinski definition) is 5. The molecule has 1 atom stereocenters. The Morgan fingerprint density at radius 2 is 1.81 bits per heavy atom. The molecule has 1 saturated carbocycles. The fourth-order valence-electron chi connectivity index (χ4n) is 4.86. The molecule has 2 heterocycles. The van der Waals surface area contributed by atoms with E-state index in [1.54, 1.807) is 19.1 Å². The van der Waals surface area contributed by atoms with Crippen LogP contribution in [0.3, 0.4) is 0 Å². The maximum Gasteiger partial charge on any atom is 0.271 e. The zero-order chi connectivity index (χ0) is 22.8. The van der Waals surface area contributed by atoms with Crippen LogP contribution in [-0.2, 0) is 11.3 Å². The molecule has 2 aromatic rings. The van der Waals surface area contributed by atoms with Gasteiger partial charge < -0.3 is 29.4 Å². The third kappa shape index (κ3) is 3.73. The molecule has 0 radical (unpaired) electrons. The molecule has 2 aliphatic rings. The van der Waals surface area contributed by atoms with E-state index in [-0.39, 0.29) is 17.9 Å². The number of aliphatic hydroxyl groups is 1. The van der Waals surface area contributed by atoms with Crippen molar-refractivity contribution in [2.75, 3.05) is 27.9 Å². The monoisotopic (exact) mass is 431 g/mol. The van der Waals surface area contributed by atoms with Crippen LogP contribution in [0.4, 0.5) is 0 Å². The van der Waals surface area contributed by atoms with Crippen molar-refractivity contribution in [3.8, 4) is 11.5 Å². The van der Waals surface area contributed by atoms with Gasteiger partial charge in [0.2, 0.25) is 5.91 Å². The first-order valence-corrected chi connectivity index (χ1v) is 10.8. The van der Waals surface area contributed by atoms with Gasteiger partial charge in [0.25, 0.3) is 5.91 Å².